The van der Waals surface area contributed by atoms with Gasteiger partial charge in [-0.15, -0.1) is 0 Å². The molecule has 3 atom stereocenters. The number of ketones is 1. The lowest BCUT2D eigenvalue weighted by Gasteiger charge is -2.24. The topological polar surface area (TPSA) is 49.8 Å². The number of anilines is 1. The number of para-hydroxylation sites is 1. The molecule has 2 aromatic rings. The Morgan fingerprint density at radius 3 is 2.33 bits per heavy atom. The van der Waals surface area contributed by atoms with Crippen LogP contribution in [0.1, 0.15) is 36.5 Å². The van der Waals surface area contributed by atoms with Crippen LogP contribution in [0.4, 0.5) is 5.69 Å². The molecule has 0 aliphatic carbocycles. The van der Waals surface area contributed by atoms with Gasteiger partial charge in [0.15, 0.2) is 5.78 Å². The van der Waals surface area contributed by atoms with E-state index in [-0.39, 0.29) is 11.9 Å². The van der Waals surface area contributed by atoms with Crippen molar-refractivity contribution in [3.05, 3.63) is 66.2 Å². The van der Waals surface area contributed by atoms with E-state index in [9.17, 15) is 9.90 Å². The Balaban J connectivity index is 1.91. The molecule has 126 valence electrons. The van der Waals surface area contributed by atoms with Crippen LogP contribution in [-0.4, -0.2) is 29.1 Å². The molecule has 0 radical (unpaired) electrons. The molecule has 0 bridgehead atoms. The molecule has 1 aliphatic rings. The van der Waals surface area contributed by atoms with Crippen LogP contribution in [0.2, 0.25) is 0 Å². The minimum Gasteiger partial charge on any atom is -0.388 e. The molecule has 0 saturated carbocycles. The van der Waals surface area contributed by atoms with Crippen LogP contribution in [0.25, 0.3) is 0 Å². The number of benzene rings is 2. The van der Waals surface area contributed by atoms with Gasteiger partial charge in [-0.05, 0) is 18.6 Å². The molecule has 1 N–H and O–H groups in total. The van der Waals surface area contributed by atoms with Crippen molar-refractivity contribution < 1.29 is 14.7 Å². The SMILES string of the molecule is CCCC[C@@H]1ON(c2ccccc2)C(C(=O)c2ccccc2)[C@H]1O. The molecule has 1 saturated heterocycles. The molecule has 1 unspecified atom stereocenters. The summed E-state index contributed by atoms with van der Waals surface area (Å²) in [6, 6.07) is 17.8. The zero-order valence-electron chi connectivity index (χ0n) is 13.8. The Morgan fingerprint density at radius 2 is 1.71 bits per heavy atom. The van der Waals surface area contributed by atoms with Crippen molar-refractivity contribution >= 4 is 11.5 Å². The molecule has 1 fully saturated rings. The van der Waals surface area contributed by atoms with Crippen LogP contribution in [-0.2, 0) is 4.84 Å². The van der Waals surface area contributed by atoms with E-state index in [2.05, 4.69) is 6.92 Å². The van der Waals surface area contributed by atoms with Crippen molar-refractivity contribution in [3.8, 4) is 0 Å². The van der Waals surface area contributed by atoms with Gasteiger partial charge in [0.1, 0.15) is 18.2 Å². The number of unbranched alkanes of at least 4 members (excludes halogenated alkanes) is 1. The molecule has 24 heavy (non-hydrogen) atoms. The summed E-state index contributed by atoms with van der Waals surface area (Å²) in [6.45, 7) is 2.10. The number of rotatable bonds is 6. The van der Waals surface area contributed by atoms with Crippen LogP contribution >= 0.6 is 0 Å². The summed E-state index contributed by atoms with van der Waals surface area (Å²) in [5, 5.41) is 12.3. The largest absolute Gasteiger partial charge is 0.388 e. The molecular formula is C20H23NO3. The first-order chi connectivity index (χ1) is 11.7. The summed E-state index contributed by atoms with van der Waals surface area (Å²) >= 11 is 0. The molecule has 4 heteroatoms. The second kappa shape index (κ2) is 7.60. The van der Waals surface area contributed by atoms with E-state index >= 15 is 0 Å². The van der Waals surface area contributed by atoms with Gasteiger partial charge in [0.2, 0.25) is 0 Å². The van der Waals surface area contributed by atoms with Crippen LogP contribution in [0.3, 0.4) is 0 Å². The van der Waals surface area contributed by atoms with Gasteiger partial charge in [-0.25, -0.2) is 5.06 Å². The highest BCUT2D eigenvalue weighted by molar-refractivity contribution is 6.02. The molecule has 1 aliphatic heterocycles. The third-order valence-electron chi connectivity index (χ3n) is 4.39. The minimum atomic E-state index is -0.843. The van der Waals surface area contributed by atoms with E-state index in [1.165, 1.54) is 0 Å². The van der Waals surface area contributed by atoms with Crippen molar-refractivity contribution in [1.29, 1.82) is 0 Å². The number of nitrogens with zero attached hydrogens (tertiary/aromatic N) is 1. The summed E-state index contributed by atoms with van der Waals surface area (Å²) in [5.74, 6) is -0.119. The molecule has 4 nitrogen and oxygen atoms in total. The number of hydroxylamine groups is 1. The van der Waals surface area contributed by atoms with Gasteiger partial charge >= 0.3 is 0 Å². The highest BCUT2D eigenvalue weighted by Gasteiger charge is 2.46. The van der Waals surface area contributed by atoms with Crippen LogP contribution < -0.4 is 5.06 Å². The highest BCUT2D eigenvalue weighted by Crippen LogP contribution is 2.32. The number of hydrogen-bond donors (Lipinski definition) is 1. The second-order valence-corrected chi connectivity index (χ2v) is 6.11. The summed E-state index contributed by atoms with van der Waals surface area (Å²) in [5.41, 5.74) is 1.37. The summed E-state index contributed by atoms with van der Waals surface area (Å²) in [7, 11) is 0. The lowest BCUT2D eigenvalue weighted by atomic mass is 9.95. The van der Waals surface area contributed by atoms with Gasteiger partial charge in [-0.1, -0.05) is 68.3 Å². The fraction of sp³-hybridized carbons (Fsp3) is 0.350. The first kappa shape index (κ1) is 16.7. The van der Waals surface area contributed by atoms with Crippen LogP contribution in [0.15, 0.2) is 60.7 Å². The predicted octanol–water partition coefficient (Wildman–Crippen LogP) is 3.61. The Labute approximate surface area is 142 Å². The van der Waals surface area contributed by atoms with Crippen molar-refractivity contribution in [2.24, 2.45) is 0 Å². The molecule has 0 aromatic heterocycles. The first-order valence-corrected chi connectivity index (χ1v) is 8.50. The molecule has 1 heterocycles. The summed E-state index contributed by atoms with van der Waals surface area (Å²) in [6.07, 6.45) is 1.51. The molecule has 0 spiro atoms. The van der Waals surface area contributed by atoms with E-state index in [0.29, 0.717) is 5.56 Å². The van der Waals surface area contributed by atoms with Crippen molar-refractivity contribution in [2.45, 2.75) is 44.4 Å². The van der Waals surface area contributed by atoms with Gasteiger partial charge in [-0.2, -0.15) is 0 Å². The highest BCUT2D eigenvalue weighted by atomic mass is 16.7. The molecular weight excluding hydrogens is 302 g/mol. The normalized spacial score (nSPS) is 23.4. The average molecular weight is 325 g/mol. The first-order valence-electron chi connectivity index (χ1n) is 8.50. The quantitative estimate of drug-likeness (QED) is 0.824. The van der Waals surface area contributed by atoms with Crippen molar-refractivity contribution in [3.63, 3.8) is 0 Å². The number of aliphatic hydroxyl groups is 1. The number of hydrogen-bond acceptors (Lipinski definition) is 4. The smallest absolute Gasteiger partial charge is 0.190 e. The lowest BCUT2D eigenvalue weighted by molar-refractivity contribution is 0.0248. The van der Waals surface area contributed by atoms with E-state index in [0.717, 1.165) is 24.9 Å². The number of aliphatic hydroxyl groups excluding tert-OH is 1. The Bertz CT molecular complexity index is 659. The Hall–Kier alpha value is -2.17. The maximum Gasteiger partial charge on any atom is 0.190 e. The zero-order valence-corrected chi connectivity index (χ0v) is 13.8. The third kappa shape index (κ3) is 3.35. The fourth-order valence-electron chi connectivity index (χ4n) is 3.08. The predicted molar refractivity (Wildman–Crippen MR) is 93.9 cm³/mol. The van der Waals surface area contributed by atoms with Gasteiger partial charge in [-0.3, -0.25) is 9.63 Å². The second-order valence-electron chi connectivity index (χ2n) is 6.11. The number of carbonyl (C=O) groups is 1. The molecule has 2 aromatic carbocycles. The monoisotopic (exact) mass is 325 g/mol. The van der Waals surface area contributed by atoms with Gasteiger partial charge in [0, 0.05) is 5.56 Å². The Morgan fingerprint density at radius 1 is 1.08 bits per heavy atom. The van der Waals surface area contributed by atoms with Crippen LogP contribution in [0, 0.1) is 0 Å². The van der Waals surface area contributed by atoms with Crippen LogP contribution in [0.5, 0.6) is 0 Å². The van der Waals surface area contributed by atoms with E-state index < -0.39 is 12.1 Å². The maximum absolute atomic E-state index is 13.0. The Kier molecular flexibility index (Phi) is 5.28. The number of carbonyl (C=O) groups excluding carboxylic acids is 1. The van der Waals surface area contributed by atoms with Gasteiger partial charge in [0.25, 0.3) is 0 Å². The van der Waals surface area contributed by atoms with E-state index in [1.54, 1.807) is 17.2 Å². The van der Waals surface area contributed by atoms with E-state index in [1.807, 2.05) is 48.5 Å². The fourth-order valence-corrected chi connectivity index (χ4v) is 3.08. The van der Waals surface area contributed by atoms with Crippen molar-refractivity contribution in [1.82, 2.24) is 0 Å². The van der Waals surface area contributed by atoms with Crippen molar-refractivity contribution in [2.75, 3.05) is 5.06 Å². The maximum atomic E-state index is 13.0. The lowest BCUT2D eigenvalue weighted by Crippen LogP contribution is -2.42. The molecule has 3 rings (SSSR count). The summed E-state index contributed by atoms with van der Waals surface area (Å²) in [4.78, 5) is 19.0. The minimum absolute atomic E-state index is 0.119. The standard InChI is InChI=1S/C20H23NO3/c1-2-3-14-17-20(23)18(19(22)15-10-6-4-7-11-15)21(24-17)16-12-8-5-9-13-16/h4-13,17-18,20,23H,2-3,14H2,1H3/t17-,18?,20-/m0/s1. The molecule has 0 amide bonds. The van der Waals surface area contributed by atoms with E-state index in [4.69, 9.17) is 4.84 Å². The number of Topliss-reactive ketones (excluding diaryl/α,β-unsaturated/α-hetero) is 1. The third-order valence-corrected chi connectivity index (χ3v) is 4.39. The summed E-state index contributed by atoms with van der Waals surface area (Å²) < 4.78 is 0. The average Bonchev–Trinajstić information content (AvgIpc) is 2.97. The van der Waals surface area contributed by atoms with Gasteiger partial charge < -0.3 is 5.11 Å². The van der Waals surface area contributed by atoms with Gasteiger partial charge in [0.05, 0.1) is 5.69 Å². The zero-order chi connectivity index (χ0) is 16.9.